The Labute approximate surface area is 117 Å². The quantitative estimate of drug-likeness (QED) is 0.592. The van der Waals surface area contributed by atoms with Gasteiger partial charge in [-0.25, -0.2) is 4.39 Å². The van der Waals surface area contributed by atoms with Gasteiger partial charge in [0.15, 0.2) is 0 Å². The molecule has 82 valence electrons. The first kappa shape index (κ1) is 12.1. The maximum atomic E-state index is 13.3. The highest BCUT2D eigenvalue weighted by molar-refractivity contribution is 14.1. The fourth-order valence-electron chi connectivity index (χ4n) is 1.47. The summed E-state index contributed by atoms with van der Waals surface area (Å²) in [5, 5.41) is 1.04. The van der Waals surface area contributed by atoms with E-state index in [0.29, 0.717) is 21.2 Å². The van der Waals surface area contributed by atoms with E-state index in [1.165, 1.54) is 12.1 Å². The maximum absolute atomic E-state index is 13.3. The van der Waals surface area contributed by atoms with E-state index in [1.54, 1.807) is 18.2 Å². The van der Waals surface area contributed by atoms with Crippen LogP contribution < -0.4 is 0 Å². The molecule has 0 N–H and O–H groups in total. The van der Waals surface area contributed by atoms with Crippen LogP contribution in [0.5, 0.6) is 0 Å². The predicted octanol–water partition coefficient (Wildman–Crippen LogP) is 5.40. The minimum Gasteiger partial charge on any atom is -0.207 e. The molecule has 0 saturated heterocycles. The summed E-state index contributed by atoms with van der Waals surface area (Å²) in [5.74, 6) is -0.294. The Kier molecular flexibility index (Phi) is 3.72. The maximum Gasteiger partial charge on any atom is 0.124 e. The van der Waals surface area contributed by atoms with Gasteiger partial charge < -0.3 is 0 Å². The van der Waals surface area contributed by atoms with E-state index in [2.05, 4.69) is 22.6 Å². The van der Waals surface area contributed by atoms with Gasteiger partial charge in [-0.3, -0.25) is 0 Å². The molecule has 0 aliphatic carbocycles. The second-order valence-corrected chi connectivity index (χ2v) is 5.31. The van der Waals surface area contributed by atoms with Crippen LogP contribution in [0.15, 0.2) is 36.4 Å². The lowest BCUT2D eigenvalue weighted by Crippen LogP contribution is -1.85. The van der Waals surface area contributed by atoms with Gasteiger partial charge in [-0.05, 0) is 58.5 Å². The Hall–Kier alpha value is -0.320. The van der Waals surface area contributed by atoms with Crippen molar-refractivity contribution in [1.29, 1.82) is 0 Å². The lowest BCUT2D eigenvalue weighted by molar-refractivity contribution is 0.627. The van der Waals surface area contributed by atoms with E-state index in [9.17, 15) is 4.39 Å². The summed E-state index contributed by atoms with van der Waals surface area (Å²) >= 11 is 14.2. The van der Waals surface area contributed by atoms with Gasteiger partial charge in [-0.1, -0.05) is 29.3 Å². The Bertz CT molecular complexity index is 500. The molecule has 0 saturated carbocycles. The molecule has 0 nitrogen and oxygen atoms in total. The normalized spacial score (nSPS) is 10.5. The second kappa shape index (κ2) is 4.90. The number of hydrogen-bond donors (Lipinski definition) is 0. The molecule has 0 spiro atoms. The van der Waals surface area contributed by atoms with Crippen molar-refractivity contribution in [2.75, 3.05) is 0 Å². The lowest BCUT2D eigenvalue weighted by atomic mass is 10.1. The van der Waals surface area contributed by atoms with Gasteiger partial charge in [0.05, 0.1) is 0 Å². The zero-order valence-electron chi connectivity index (χ0n) is 7.98. The molecule has 2 rings (SSSR count). The van der Waals surface area contributed by atoms with Gasteiger partial charge in [-0.15, -0.1) is 0 Å². The summed E-state index contributed by atoms with van der Waals surface area (Å²) in [6.07, 6.45) is 0. The third kappa shape index (κ3) is 2.50. The minimum absolute atomic E-state index is 0.294. The molecule has 2 aromatic carbocycles. The van der Waals surface area contributed by atoms with Gasteiger partial charge in [0.1, 0.15) is 5.82 Å². The topological polar surface area (TPSA) is 0 Å². The third-order valence-electron chi connectivity index (χ3n) is 2.11. The fraction of sp³-hybridized carbons (Fsp3) is 0. The van der Waals surface area contributed by atoms with Gasteiger partial charge >= 0.3 is 0 Å². The van der Waals surface area contributed by atoms with Crippen LogP contribution in [0.25, 0.3) is 11.1 Å². The van der Waals surface area contributed by atoms with E-state index in [4.69, 9.17) is 23.2 Å². The summed E-state index contributed by atoms with van der Waals surface area (Å²) in [6, 6.07) is 9.96. The predicted molar refractivity (Wildman–Crippen MR) is 74.6 cm³/mol. The molecule has 0 fully saturated rings. The molecule has 0 heterocycles. The molecule has 16 heavy (non-hydrogen) atoms. The lowest BCUT2D eigenvalue weighted by Gasteiger charge is -2.07. The second-order valence-electron chi connectivity index (χ2n) is 3.25. The monoisotopic (exact) mass is 366 g/mol. The highest BCUT2D eigenvalue weighted by Gasteiger charge is 2.09. The molecule has 4 heteroatoms. The number of hydrogen-bond acceptors (Lipinski definition) is 0. The average Bonchev–Trinajstić information content (AvgIpc) is 2.15. The van der Waals surface area contributed by atoms with Crippen molar-refractivity contribution in [2.45, 2.75) is 0 Å². The average molecular weight is 367 g/mol. The molecule has 0 aliphatic rings. The van der Waals surface area contributed by atoms with Crippen LogP contribution in [0.3, 0.4) is 0 Å². The molecule has 0 unspecified atom stereocenters. The van der Waals surface area contributed by atoms with Gasteiger partial charge in [0.25, 0.3) is 0 Å². The van der Waals surface area contributed by atoms with Crippen molar-refractivity contribution < 1.29 is 4.39 Å². The Balaban J connectivity index is 2.67. The summed E-state index contributed by atoms with van der Waals surface area (Å²) in [4.78, 5) is 0. The van der Waals surface area contributed by atoms with E-state index < -0.39 is 0 Å². The Morgan fingerprint density at radius 3 is 2.19 bits per heavy atom. The molecule has 0 radical (unpaired) electrons. The van der Waals surface area contributed by atoms with Gasteiger partial charge in [-0.2, -0.15) is 0 Å². The summed E-state index contributed by atoms with van der Waals surface area (Å²) in [7, 11) is 0. The van der Waals surface area contributed by atoms with Gasteiger partial charge in [0.2, 0.25) is 0 Å². The number of halogens is 4. The van der Waals surface area contributed by atoms with Crippen molar-refractivity contribution in [3.05, 3.63) is 55.8 Å². The number of rotatable bonds is 1. The summed E-state index contributed by atoms with van der Waals surface area (Å²) in [5.41, 5.74) is 1.36. The zero-order chi connectivity index (χ0) is 11.7. The molecule has 0 amide bonds. The summed E-state index contributed by atoms with van der Waals surface area (Å²) < 4.78 is 14.1. The minimum atomic E-state index is -0.294. The highest BCUT2D eigenvalue weighted by Crippen LogP contribution is 2.35. The number of benzene rings is 2. The Morgan fingerprint density at radius 2 is 1.62 bits per heavy atom. The van der Waals surface area contributed by atoms with Gasteiger partial charge in [0, 0.05) is 19.2 Å². The smallest absolute Gasteiger partial charge is 0.124 e. The van der Waals surface area contributed by atoms with Crippen LogP contribution in [0.1, 0.15) is 0 Å². The van der Waals surface area contributed by atoms with E-state index in [0.717, 1.165) is 3.57 Å². The van der Waals surface area contributed by atoms with Crippen LogP contribution in [-0.2, 0) is 0 Å². The Morgan fingerprint density at radius 1 is 1.00 bits per heavy atom. The molecular weight excluding hydrogens is 361 g/mol. The van der Waals surface area contributed by atoms with E-state index in [-0.39, 0.29) is 5.82 Å². The zero-order valence-corrected chi connectivity index (χ0v) is 11.6. The van der Waals surface area contributed by atoms with E-state index in [1.807, 2.05) is 6.07 Å². The first-order chi connectivity index (χ1) is 7.58. The molecule has 2 aromatic rings. The third-order valence-corrected chi connectivity index (χ3v) is 3.37. The molecule has 0 bridgehead atoms. The van der Waals surface area contributed by atoms with Crippen LogP contribution in [-0.4, -0.2) is 0 Å². The first-order valence-corrected chi connectivity index (χ1v) is 6.32. The largest absolute Gasteiger partial charge is 0.207 e. The van der Waals surface area contributed by atoms with E-state index >= 15 is 0 Å². The van der Waals surface area contributed by atoms with Crippen molar-refractivity contribution in [2.24, 2.45) is 0 Å². The SMILES string of the molecule is Fc1cc(I)cc(-c2c(Cl)cccc2Cl)c1. The molecule has 0 aliphatic heterocycles. The highest BCUT2D eigenvalue weighted by atomic mass is 127. The van der Waals surface area contributed by atoms with Crippen molar-refractivity contribution in [1.82, 2.24) is 0 Å². The standard InChI is InChI=1S/C12H6Cl2FI/c13-10-2-1-3-11(14)12(10)7-4-8(15)6-9(16)5-7/h1-6H. The molecular formula is C12H6Cl2FI. The van der Waals surface area contributed by atoms with Crippen LogP contribution in [0.2, 0.25) is 10.0 Å². The van der Waals surface area contributed by atoms with Crippen molar-refractivity contribution in [3.8, 4) is 11.1 Å². The first-order valence-electron chi connectivity index (χ1n) is 4.48. The van der Waals surface area contributed by atoms with Crippen LogP contribution in [0.4, 0.5) is 4.39 Å². The van der Waals surface area contributed by atoms with Crippen molar-refractivity contribution in [3.63, 3.8) is 0 Å². The van der Waals surface area contributed by atoms with Crippen molar-refractivity contribution >= 4 is 45.8 Å². The summed E-state index contributed by atoms with van der Waals surface area (Å²) in [6.45, 7) is 0. The molecule has 0 atom stereocenters. The molecule has 0 aromatic heterocycles. The van der Waals surface area contributed by atoms with Crippen LogP contribution in [0, 0.1) is 9.39 Å². The van der Waals surface area contributed by atoms with Crippen LogP contribution >= 0.6 is 45.8 Å². The fourth-order valence-corrected chi connectivity index (χ4v) is 2.72.